The van der Waals surface area contributed by atoms with Crippen molar-refractivity contribution in [2.75, 3.05) is 0 Å². The Balaban J connectivity index is 1.11. The Morgan fingerprint density at radius 2 is 1.08 bits per heavy atom. The molecule has 246 valence electrons. The summed E-state index contributed by atoms with van der Waals surface area (Å²) in [5, 5.41) is 10.1. The lowest BCUT2D eigenvalue weighted by Gasteiger charge is -2.24. The van der Waals surface area contributed by atoms with Crippen molar-refractivity contribution in [3.05, 3.63) is 180 Å². The van der Waals surface area contributed by atoms with Crippen LogP contribution in [0.2, 0.25) is 0 Å². The molecule has 0 atom stereocenters. The number of furan rings is 1. The number of para-hydroxylation sites is 1. The maximum absolute atomic E-state index is 6.40. The molecule has 0 spiro atoms. The van der Waals surface area contributed by atoms with Gasteiger partial charge < -0.3 is 4.42 Å². The summed E-state index contributed by atoms with van der Waals surface area (Å²) < 4.78 is 6.40. The first kappa shape index (κ1) is 29.5. The summed E-state index contributed by atoms with van der Waals surface area (Å²) in [5.74, 6) is 0. The van der Waals surface area contributed by atoms with Crippen LogP contribution >= 0.6 is 0 Å². The number of hydrogen-bond donors (Lipinski definition) is 0. The van der Waals surface area contributed by atoms with Crippen LogP contribution in [0.4, 0.5) is 0 Å². The van der Waals surface area contributed by atoms with Crippen LogP contribution in [-0.4, -0.2) is 0 Å². The van der Waals surface area contributed by atoms with Crippen molar-refractivity contribution in [3.63, 3.8) is 0 Å². The second-order valence-electron chi connectivity index (χ2n) is 15.1. The largest absolute Gasteiger partial charge is 0.456 e. The Labute approximate surface area is 303 Å². The zero-order valence-corrected chi connectivity index (χ0v) is 29.3. The van der Waals surface area contributed by atoms with Gasteiger partial charge in [-0.05, 0) is 125 Å². The molecule has 2 aliphatic rings. The number of benzene rings is 8. The zero-order valence-electron chi connectivity index (χ0n) is 29.3. The lowest BCUT2D eigenvalue weighted by molar-refractivity contribution is 0.663. The Morgan fingerprint density at radius 3 is 1.79 bits per heavy atom. The molecular formula is C51H36O. The summed E-state index contributed by atoms with van der Waals surface area (Å²) in [6.07, 6.45) is 6.77. The van der Waals surface area contributed by atoms with Gasteiger partial charge in [0.15, 0.2) is 0 Å². The lowest BCUT2D eigenvalue weighted by Crippen LogP contribution is -2.15. The highest BCUT2D eigenvalue weighted by Gasteiger charge is 2.37. The van der Waals surface area contributed by atoms with Crippen molar-refractivity contribution < 1.29 is 4.42 Å². The fourth-order valence-electron chi connectivity index (χ4n) is 9.57. The van der Waals surface area contributed by atoms with Gasteiger partial charge in [0, 0.05) is 16.2 Å². The average molecular weight is 665 g/mol. The van der Waals surface area contributed by atoms with E-state index >= 15 is 0 Å². The Kier molecular flexibility index (Phi) is 6.20. The third kappa shape index (κ3) is 4.17. The fraction of sp³-hybridized carbons (Fsp3) is 0.0980. The normalized spacial score (nSPS) is 15.0. The highest BCUT2D eigenvalue weighted by Crippen LogP contribution is 2.54. The number of fused-ring (bicyclic) bond motifs is 10. The van der Waals surface area contributed by atoms with Gasteiger partial charge in [0.2, 0.25) is 0 Å². The van der Waals surface area contributed by atoms with Crippen LogP contribution in [0, 0.1) is 0 Å². The summed E-state index contributed by atoms with van der Waals surface area (Å²) >= 11 is 0. The van der Waals surface area contributed by atoms with Gasteiger partial charge in [0.1, 0.15) is 11.2 Å². The molecule has 0 bridgehead atoms. The smallest absolute Gasteiger partial charge is 0.136 e. The molecule has 52 heavy (non-hydrogen) atoms. The third-order valence-electron chi connectivity index (χ3n) is 12.0. The molecule has 11 rings (SSSR count). The van der Waals surface area contributed by atoms with Crippen LogP contribution < -0.4 is 0 Å². The Hall–Kier alpha value is -6.18. The van der Waals surface area contributed by atoms with Gasteiger partial charge in [-0.15, -0.1) is 0 Å². The fourth-order valence-corrected chi connectivity index (χ4v) is 9.57. The summed E-state index contributed by atoms with van der Waals surface area (Å²) in [4.78, 5) is 0. The van der Waals surface area contributed by atoms with E-state index in [1.807, 2.05) is 6.07 Å². The van der Waals surface area contributed by atoms with Crippen LogP contribution in [0.5, 0.6) is 0 Å². The molecule has 0 aliphatic heterocycles. The number of hydrogen-bond acceptors (Lipinski definition) is 1. The van der Waals surface area contributed by atoms with Crippen molar-refractivity contribution in [1.29, 1.82) is 0 Å². The molecule has 0 saturated heterocycles. The van der Waals surface area contributed by atoms with Gasteiger partial charge in [-0.25, -0.2) is 0 Å². The predicted molar refractivity (Wildman–Crippen MR) is 221 cm³/mol. The molecule has 0 unspecified atom stereocenters. The molecule has 0 N–H and O–H groups in total. The standard InChI is InChI=1S/C51H36O/c1-51(2)45-27-25-35(29-43(45)41-26-24-34-28-44-36-14-10-11-19-46(36)52-47(44)30-42(34)50(41)51)49-39-17-8-6-15-37(39)48(38-16-7-9-18-40(38)49)33-22-20-32(21-23-33)31-12-4-3-5-13-31/h3-20,22,24-30H,21,23H2,1-2H3. The first-order valence-corrected chi connectivity index (χ1v) is 18.5. The van der Waals surface area contributed by atoms with E-state index in [0.29, 0.717) is 0 Å². The molecule has 9 aromatic rings. The van der Waals surface area contributed by atoms with Gasteiger partial charge in [0.05, 0.1) is 0 Å². The molecule has 1 heterocycles. The van der Waals surface area contributed by atoms with E-state index in [2.05, 4.69) is 166 Å². The molecule has 0 saturated carbocycles. The van der Waals surface area contributed by atoms with E-state index < -0.39 is 0 Å². The lowest BCUT2D eigenvalue weighted by atomic mass is 9.79. The number of allylic oxidation sites excluding steroid dienone is 4. The molecule has 1 aromatic heterocycles. The maximum atomic E-state index is 6.40. The van der Waals surface area contributed by atoms with Crippen LogP contribution in [0.25, 0.3) is 87.7 Å². The minimum Gasteiger partial charge on any atom is -0.456 e. The highest BCUT2D eigenvalue weighted by atomic mass is 16.3. The van der Waals surface area contributed by atoms with Crippen molar-refractivity contribution in [2.24, 2.45) is 0 Å². The molecular weight excluding hydrogens is 629 g/mol. The topological polar surface area (TPSA) is 13.1 Å². The average Bonchev–Trinajstić information content (AvgIpc) is 3.67. The first-order valence-electron chi connectivity index (χ1n) is 18.5. The van der Waals surface area contributed by atoms with Gasteiger partial charge in [0.25, 0.3) is 0 Å². The SMILES string of the molecule is CC1(C)c2ccc(-c3c4ccccc4c(C4=CC=C(c5ccccc5)CC4)c4ccccc34)cc2-c2ccc3cc4c(cc3c21)oc1ccccc14. The van der Waals surface area contributed by atoms with Gasteiger partial charge in [-0.1, -0.05) is 147 Å². The summed E-state index contributed by atoms with van der Waals surface area (Å²) in [6.45, 7) is 4.77. The molecule has 0 fully saturated rings. The molecule has 0 radical (unpaired) electrons. The van der Waals surface area contributed by atoms with Crippen molar-refractivity contribution in [2.45, 2.75) is 32.1 Å². The van der Waals surface area contributed by atoms with Crippen LogP contribution in [0.3, 0.4) is 0 Å². The Bertz CT molecular complexity index is 2960. The van der Waals surface area contributed by atoms with Gasteiger partial charge in [-0.3, -0.25) is 0 Å². The predicted octanol–water partition coefficient (Wildman–Crippen LogP) is 14.3. The minimum atomic E-state index is -0.157. The van der Waals surface area contributed by atoms with Crippen LogP contribution in [0.15, 0.2) is 162 Å². The van der Waals surface area contributed by atoms with Crippen molar-refractivity contribution >= 4 is 65.4 Å². The van der Waals surface area contributed by atoms with Crippen LogP contribution in [-0.2, 0) is 5.41 Å². The molecule has 8 aromatic carbocycles. The van der Waals surface area contributed by atoms with E-state index in [0.717, 1.165) is 24.0 Å². The quantitative estimate of drug-likeness (QED) is 0.171. The molecule has 1 heteroatoms. The summed E-state index contributed by atoms with van der Waals surface area (Å²) in [5.41, 5.74) is 15.2. The number of rotatable bonds is 3. The minimum absolute atomic E-state index is 0.157. The summed E-state index contributed by atoms with van der Waals surface area (Å²) in [7, 11) is 0. The van der Waals surface area contributed by atoms with E-state index in [9.17, 15) is 0 Å². The third-order valence-corrected chi connectivity index (χ3v) is 12.0. The second-order valence-corrected chi connectivity index (χ2v) is 15.1. The summed E-state index contributed by atoms with van der Waals surface area (Å²) in [6, 6.07) is 53.8. The van der Waals surface area contributed by atoms with E-state index in [4.69, 9.17) is 4.42 Å². The second kappa shape index (κ2) is 10.9. The zero-order chi connectivity index (χ0) is 34.6. The Morgan fingerprint density at radius 1 is 0.442 bits per heavy atom. The van der Waals surface area contributed by atoms with Crippen molar-refractivity contribution in [3.8, 4) is 22.3 Å². The molecule has 1 nitrogen and oxygen atoms in total. The highest BCUT2D eigenvalue weighted by molar-refractivity contribution is 6.19. The monoisotopic (exact) mass is 664 g/mol. The van der Waals surface area contributed by atoms with E-state index in [-0.39, 0.29) is 5.41 Å². The van der Waals surface area contributed by atoms with E-state index in [1.165, 1.54) is 98.7 Å². The maximum Gasteiger partial charge on any atom is 0.136 e. The van der Waals surface area contributed by atoms with Crippen LogP contribution in [0.1, 0.15) is 48.9 Å². The van der Waals surface area contributed by atoms with Crippen molar-refractivity contribution in [1.82, 2.24) is 0 Å². The molecule has 0 amide bonds. The van der Waals surface area contributed by atoms with Gasteiger partial charge >= 0.3 is 0 Å². The molecule has 2 aliphatic carbocycles. The van der Waals surface area contributed by atoms with E-state index in [1.54, 1.807) is 0 Å². The first-order chi connectivity index (χ1) is 25.5. The van der Waals surface area contributed by atoms with Gasteiger partial charge in [-0.2, -0.15) is 0 Å².